The zero-order chi connectivity index (χ0) is 14.5. The van der Waals surface area contributed by atoms with Gasteiger partial charge in [-0.1, -0.05) is 28.1 Å². The lowest BCUT2D eigenvalue weighted by atomic mass is 10.1. The molecule has 104 valence electrons. The average molecular weight is 336 g/mol. The van der Waals surface area contributed by atoms with Crippen LogP contribution in [0.25, 0.3) is 0 Å². The van der Waals surface area contributed by atoms with Gasteiger partial charge in [0.05, 0.1) is 12.7 Å². The van der Waals surface area contributed by atoms with Gasteiger partial charge in [-0.25, -0.2) is 4.79 Å². The maximum atomic E-state index is 10.9. The van der Waals surface area contributed by atoms with Gasteiger partial charge in [0.25, 0.3) is 0 Å². The van der Waals surface area contributed by atoms with Crippen molar-refractivity contribution in [1.82, 2.24) is 0 Å². The van der Waals surface area contributed by atoms with Crippen molar-refractivity contribution in [2.75, 3.05) is 12.4 Å². The molecule has 4 nitrogen and oxygen atoms in total. The summed E-state index contributed by atoms with van der Waals surface area (Å²) in [7, 11) is 1.61. The Morgan fingerprint density at radius 3 is 2.80 bits per heavy atom. The summed E-state index contributed by atoms with van der Waals surface area (Å²) in [6, 6.07) is 12.5. The van der Waals surface area contributed by atoms with Crippen molar-refractivity contribution in [1.29, 1.82) is 0 Å². The molecule has 0 amide bonds. The molecular formula is C15H14BrNO3. The van der Waals surface area contributed by atoms with Crippen LogP contribution < -0.4 is 10.1 Å². The minimum Gasteiger partial charge on any atom is -0.497 e. The van der Waals surface area contributed by atoms with Crippen molar-refractivity contribution in [3.05, 3.63) is 58.1 Å². The highest BCUT2D eigenvalue weighted by molar-refractivity contribution is 9.10. The Morgan fingerprint density at radius 2 is 2.10 bits per heavy atom. The normalized spacial score (nSPS) is 10.1. The Morgan fingerprint density at radius 1 is 1.30 bits per heavy atom. The molecule has 0 bridgehead atoms. The van der Waals surface area contributed by atoms with Crippen molar-refractivity contribution in [2.24, 2.45) is 0 Å². The molecule has 0 saturated heterocycles. The molecule has 0 spiro atoms. The van der Waals surface area contributed by atoms with Crippen molar-refractivity contribution in [3.8, 4) is 5.75 Å². The number of halogens is 1. The van der Waals surface area contributed by atoms with Crippen LogP contribution in [0.3, 0.4) is 0 Å². The topological polar surface area (TPSA) is 58.6 Å². The second-order valence-electron chi connectivity index (χ2n) is 4.24. The summed E-state index contributed by atoms with van der Waals surface area (Å²) in [5, 5.41) is 12.2. The van der Waals surface area contributed by atoms with Crippen molar-refractivity contribution >= 4 is 27.6 Å². The van der Waals surface area contributed by atoms with Crippen molar-refractivity contribution in [3.63, 3.8) is 0 Å². The van der Waals surface area contributed by atoms with Crippen LogP contribution in [-0.2, 0) is 6.54 Å². The quantitative estimate of drug-likeness (QED) is 0.873. The van der Waals surface area contributed by atoms with E-state index in [0.717, 1.165) is 21.5 Å². The van der Waals surface area contributed by atoms with Gasteiger partial charge >= 0.3 is 5.97 Å². The maximum absolute atomic E-state index is 10.9. The van der Waals surface area contributed by atoms with Crippen LogP contribution in [0.2, 0.25) is 0 Å². The molecular weight excluding hydrogens is 322 g/mol. The number of carboxylic acids is 1. The molecule has 2 aromatic carbocycles. The molecule has 2 rings (SSSR count). The zero-order valence-electron chi connectivity index (χ0n) is 10.9. The fraction of sp³-hybridized carbons (Fsp3) is 0.133. The van der Waals surface area contributed by atoms with Gasteiger partial charge in [-0.15, -0.1) is 0 Å². The minimum absolute atomic E-state index is 0.288. The van der Waals surface area contributed by atoms with Gasteiger partial charge in [0.1, 0.15) is 5.75 Å². The van der Waals surface area contributed by atoms with Crippen molar-refractivity contribution in [2.45, 2.75) is 6.54 Å². The highest BCUT2D eigenvalue weighted by atomic mass is 79.9. The highest BCUT2D eigenvalue weighted by Gasteiger charge is 2.04. The SMILES string of the molecule is COc1cc(Br)cc(NCc2cccc(C(=O)O)c2)c1. The van der Waals surface area contributed by atoms with Crippen LogP contribution in [0.4, 0.5) is 5.69 Å². The van der Waals surface area contributed by atoms with E-state index in [1.807, 2.05) is 24.3 Å². The summed E-state index contributed by atoms with van der Waals surface area (Å²) >= 11 is 3.41. The van der Waals surface area contributed by atoms with E-state index in [2.05, 4.69) is 21.2 Å². The van der Waals surface area contributed by atoms with E-state index in [9.17, 15) is 4.79 Å². The standard InChI is InChI=1S/C15H14BrNO3/c1-20-14-7-12(16)6-13(8-14)17-9-10-3-2-4-11(5-10)15(18)19/h2-8,17H,9H2,1H3,(H,18,19). The summed E-state index contributed by atoms with van der Waals surface area (Å²) in [5.74, 6) is -0.169. The largest absolute Gasteiger partial charge is 0.497 e. The molecule has 2 aromatic rings. The molecule has 2 N–H and O–H groups in total. The van der Waals surface area contributed by atoms with Crippen molar-refractivity contribution < 1.29 is 14.6 Å². The number of anilines is 1. The summed E-state index contributed by atoms with van der Waals surface area (Å²) < 4.78 is 6.11. The monoisotopic (exact) mass is 335 g/mol. The van der Waals surface area contributed by atoms with E-state index in [1.165, 1.54) is 0 Å². The van der Waals surface area contributed by atoms with Crippen LogP contribution >= 0.6 is 15.9 Å². The van der Waals surface area contributed by atoms with Crippen LogP contribution in [-0.4, -0.2) is 18.2 Å². The minimum atomic E-state index is -0.920. The lowest BCUT2D eigenvalue weighted by Gasteiger charge is -2.09. The van der Waals surface area contributed by atoms with E-state index in [4.69, 9.17) is 9.84 Å². The smallest absolute Gasteiger partial charge is 0.335 e. The average Bonchev–Trinajstić information content (AvgIpc) is 2.44. The van der Waals surface area contributed by atoms with Gasteiger partial charge in [0.15, 0.2) is 0 Å². The number of methoxy groups -OCH3 is 1. The Bertz CT molecular complexity index is 628. The van der Waals surface area contributed by atoms with E-state index in [1.54, 1.807) is 25.3 Å². The number of aromatic carboxylic acids is 1. The predicted molar refractivity (Wildman–Crippen MR) is 81.4 cm³/mol. The van der Waals surface area contributed by atoms with Gasteiger partial charge in [-0.3, -0.25) is 0 Å². The zero-order valence-corrected chi connectivity index (χ0v) is 12.5. The lowest BCUT2D eigenvalue weighted by molar-refractivity contribution is 0.0697. The Kier molecular flexibility index (Phi) is 4.63. The molecule has 20 heavy (non-hydrogen) atoms. The summed E-state index contributed by atoms with van der Waals surface area (Å²) in [6.07, 6.45) is 0. The predicted octanol–water partition coefficient (Wildman–Crippen LogP) is 3.77. The van der Waals surface area contributed by atoms with Gasteiger partial charge < -0.3 is 15.2 Å². The number of rotatable bonds is 5. The number of carboxylic acid groups (broad SMARTS) is 1. The summed E-state index contributed by atoms with van der Waals surface area (Å²) in [4.78, 5) is 10.9. The molecule has 0 fully saturated rings. The Balaban J connectivity index is 2.10. The first-order valence-corrected chi connectivity index (χ1v) is 6.78. The molecule has 5 heteroatoms. The third-order valence-corrected chi connectivity index (χ3v) is 3.24. The molecule has 0 atom stereocenters. The van der Waals surface area contributed by atoms with Gasteiger partial charge in [0, 0.05) is 22.8 Å². The Labute approximate surface area is 125 Å². The summed E-state index contributed by atoms with van der Waals surface area (Å²) in [5.41, 5.74) is 2.09. The first-order valence-electron chi connectivity index (χ1n) is 5.99. The molecule has 0 aromatic heterocycles. The second kappa shape index (κ2) is 6.43. The first kappa shape index (κ1) is 14.4. The maximum Gasteiger partial charge on any atom is 0.335 e. The number of benzene rings is 2. The number of nitrogens with one attached hydrogen (secondary N) is 1. The van der Waals surface area contributed by atoms with Crippen LogP contribution in [0.1, 0.15) is 15.9 Å². The number of hydrogen-bond donors (Lipinski definition) is 2. The molecule has 0 aliphatic carbocycles. The lowest BCUT2D eigenvalue weighted by Crippen LogP contribution is -2.02. The molecule has 0 aliphatic heterocycles. The van der Waals surface area contributed by atoms with Crippen LogP contribution in [0.15, 0.2) is 46.9 Å². The third-order valence-electron chi connectivity index (χ3n) is 2.78. The second-order valence-corrected chi connectivity index (χ2v) is 5.15. The first-order chi connectivity index (χ1) is 9.58. The van der Waals surface area contributed by atoms with Crippen LogP contribution in [0, 0.1) is 0 Å². The molecule has 0 unspecified atom stereocenters. The fourth-order valence-corrected chi connectivity index (χ4v) is 2.27. The van der Waals surface area contributed by atoms with E-state index in [0.29, 0.717) is 6.54 Å². The van der Waals surface area contributed by atoms with E-state index < -0.39 is 5.97 Å². The molecule has 0 saturated carbocycles. The number of carbonyl (C=O) groups is 1. The fourth-order valence-electron chi connectivity index (χ4n) is 1.80. The van der Waals surface area contributed by atoms with E-state index in [-0.39, 0.29) is 5.56 Å². The van der Waals surface area contributed by atoms with Crippen LogP contribution in [0.5, 0.6) is 5.75 Å². The highest BCUT2D eigenvalue weighted by Crippen LogP contribution is 2.24. The van der Waals surface area contributed by atoms with Gasteiger partial charge in [-0.05, 0) is 29.8 Å². The third kappa shape index (κ3) is 3.74. The summed E-state index contributed by atoms with van der Waals surface area (Å²) in [6.45, 7) is 0.542. The molecule has 0 heterocycles. The van der Waals surface area contributed by atoms with Gasteiger partial charge in [0.2, 0.25) is 0 Å². The molecule has 0 radical (unpaired) electrons. The van der Waals surface area contributed by atoms with Gasteiger partial charge in [-0.2, -0.15) is 0 Å². The number of ether oxygens (including phenoxy) is 1. The Hall–Kier alpha value is -2.01. The number of hydrogen-bond acceptors (Lipinski definition) is 3. The van der Waals surface area contributed by atoms with E-state index >= 15 is 0 Å². The molecule has 0 aliphatic rings.